The molecule has 196 valence electrons. The molecule has 4 aliphatic heterocycles. The molecule has 2 N–H and O–H groups in total. The third-order valence-electron chi connectivity index (χ3n) is 8.76. The van der Waals surface area contributed by atoms with Crippen molar-refractivity contribution in [2.75, 3.05) is 62.1 Å². The Morgan fingerprint density at radius 3 is 2.65 bits per heavy atom. The number of amides is 3. The van der Waals surface area contributed by atoms with Crippen molar-refractivity contribution >= 4 is 40.2 Å². The van der Waals surface area contributed by atoms with E-state index in [0.29, 0.717) is 54.9 Å². The summed E-state index contributed by atoms with van der Waals surface area (Å²) in [6.07, 6.45) is 3.47. The summed E-state index contributed by atoms with van der Waals surface area (Å²) in [6, 6.07) is 8.20. The average molecular weight is 525 g/mol. The van der Waals surface area contributed by atoms with Crippen LogP contribution in [0.15, 0.2) is 29.2 Å². The first-order valence-corrected chi connectivity index (χ1v) is 14.3. The number of anilines is 3. The van der Waals surface area contributed by atoms with E-state index in [2.05, 4.69) is 21.6 Å². The lowest BCUT2D eigenvalue weighted by Crippen LogP contribution is -2.67. The zero-order chi connectivity index (χ0) is 25.9. The summed E-state index contributed by atoms with van der Waals surface area (Å²) >= 11 is 0. The van der Waals surface area contributed by atoms with Gasteiger partial charge in [-0.3, -0.25) is 14.3 Å². The Balaban J connectivity index is 1.29. The zero-order valence-corrected chi connectivity index (χ0v) is 22.4. The molecule has 0 radical (unpaired) electrons. The smallest absolute Gasteiger partial charge is 0.364 e. The molecular formula is C26H34N7O3S+. The maximum atomic E-state index is 13.1. The second-order valence-electron chi connectivity index (χ2n) is 11.0. The molecular weight excluding hydrogens is 490 g/mol. The summed E-state index contributed by atoms with van der Waals surface area (Å²) in [7, 11) is 4.68. The van der Waals surface area contributed by atoms with Gasteiger partial charge in [0.25, 0.3) is 0 Å². The number of carbonyl (C=O) groups is 2. The van der Waals surface area contributed by atoms with E-state index < -0.39 is 10.8 Å². The molecule has 2 atom stereocenters. The SMILES string of the molecule is CN1CC(Nc2nc(N3CCC4(CC3)c3ccccc3NC(=O)[N+]4(C)C)nc3c2[S@@](=O)CC3)CCC1=O. The van der Waals surface area contributed by atoms with Gasteiger partial charge in [-0.05, 0) is 12.5 Å². The van der Waals surface area contributed by atoms with Crippen LogP contribution in [0.2, 0.25) is 0 Å². The number of hydrogen-bond acceptors (Lipinski definition) is 7. The monoisotopic (exact) mass is 524 g/mol. The van der Waals surface area contributed by atoms with Crippen molar-refractivity contribution in [1.29, 1.82) is 0 Å². The predicted octanol–water partition coefficient (Wildman–Crippen LogP) is 2.29. The number of urea groups is 1. The molecule has 5 heterocycles. The van der Waals surface area contributed by atoms with Gasteiger partial charge in [0.2, 0.25) is 11.9 Å². The molecule has 0 aliphatic carbocycles. The van der Waals surface area contributed by atoms with Gasteiger partial charge in [0.15, 0.2) is 0 Å². The van der Waals surface area contributed by atoms with Crippen LogP contribution in [0, 0.1) is 0 Å². The van der Waals surface area contributed by atoms with Gasteiger partial charge < -0.3 is 15.1 Å². The quantitative estimate of drug-likeness (QED) is 0.594. The number of benzene rings is 1. The Morgan fingerprint density at radius 2 is 1.89 bits per heavy atom. The second kappa shape index (κ2) is 8.76. The van der Waals surface area contributed by atoms with Gasteiger partial charge in [0.1, 0.15) is 16.3 Å². The Kier molecular flexibility index (Phi) is 5.76. The molecule has 1 aromatic heterocycles. The number of nitrogens with zero attached hydrogens (tertiary/aromatic N) is 5. The van der Waals surface area contributed by atoms with Crippen molar-refractivity contribution in [3.63, 3.8) is 0 Å². The third-order valence-corrected chi connectivity index (χ3v) is 10.2. The van der Waals surface area contributed by atoms with E-state index in [4.69, 9.17) is 9.97 Å². The highest BCUT2D eigenvalue weighted by molar-refractivity contribution is 7.85. The minimum atomic E-state index is -1.12. The molecule has 10 nitrogen and oxygen atoms in total. The number of para-hydroxylation sites is 1. The number of hydrogen-bond donors (Lipinski definition) is 2. The first-order valence-electron chi connectivity index (χ1n) is 13.0. The highest BCUT2D eigenvalue weighted by Gasteiger charge is 2.57. The van der Waals surface area contributed by atoms with E-state index in [-0.39, 0.29) is 28.0 Å². The van der Waals surface area contributed by atoms with E-state index in [9.17, 15) is 13.8 Å². The normalized spacial score (nSPS) is 26.0. The van der Waals surface area contributed by atoms with Crippen LogP contribution in [0.5, 0.6) is 0 Å². The minimum absolute atomic E-state index is 0.00540. The maximum absolute atomic E-state index is 13.1. The lowest BCUT2D eigenvalue weighted by molar-refractivity contribution is -0.875. The Hall–Kier alpha value is -3.05. The number of fused-ring (bicyclic) bond motifs is 3. The van der Waals surface area contributed by atoms with Crippen molar-refractivity contribution in [2.45, 2.75) is 48.6 Å². The lowest BCUT2D eigenvalue weighted by atomic mass is 9.76. The number of piperidine rings is 2. The van der Waals surface area contributed by atoms with Gasteiger partial charge in [-0.15, -0.1) is 0 Å². The van der Waals surface area contributed by atoms with Crippen LogP contribution < -0.4 is 15.5 Å². The number of aryl methyl sites for hydroxylation is 1. The van der Waals surface area contributed by atoms with E-state index in [1.807, 2.05) is 39.3 Å². The molecule has 4 aliphatic rings. The molecule has 37 heavy (non-hydrogen) atoms. The fourth-order valence-corrected chi connectivity index (χ4v) is 7.71. The summed E-state index contributed by atoms with van der Waals surface area (Å²) in [5.74, 6) is 2.00. The summed E-state index contributed by atoms with van der Waals surface area (Å²) in [5.41, 5.74) is 2.61. The highest BCUT2D eigenvalue weighted by atomic mass is 32.2. The average Bonchev–Trinajstić information content (AvgIpc) is 3.26. The highest BCUT2D eigenvalue weighted by Crippen LogP contribution is 2.48. The zero-order valence-electron chi connectivity index (χ0n) is 21.6. The van der Waals surface area contributed by atoms with E-state index in [0.717, 1.165) is 30.6 Å². The predicted molar refractivity (Wildman–Crippen MR) is 142 cm³/mol. The Labute approximate surface area is 219 Å². The minimum Gasteiger partial charge on any atom is -0.364 e. The molecule has 3 amide bonds. The van der Waals surface area contributed by atoms with Gasteiger partial charge >= 0.3 is 6.03 Å². The fraction of sp³-hybridized carbons (Fsp3) is 0.538. The van der Waals surface area contributed by atoms with Gasteiger partial charge in [-0.25, -0.2) is 14.3 Å². The maximum Gasteiger partial charge on any atom is 0.421 e. The number of carbonyl (C=O) groups excluding carboxylic acids is 2. The van der Waals surface area contributed by atoms with E-state index >= 15 is 0 Å². The lowest BCUT2D eigenvalue weighted by Gasteiger charge is -2.53. The molecule has 1 spiro atoms. The molecule has 1 aromatic carbocycles. The first kappa shape index (κ1) is 24.3. The molecule has 6 rings (SSSR count). The number of rotatable bonds is 3. The molecule has 2 saturated heterocycles. The van der Waals surface area contributed by atoms with Crippen LogP contribution in [0.25, 0.3) is 0 Å². The number of aromatic nitrogens is 2. The van der Waals surface area contributed by atoms with Crippen LogP contribution in [0.3, 0.4) is 0 Å². The Bertz CT molecular complexity index is 1310. The molecule has 2 fully saturated rings. The molecule has 0 saturated carbocycles. The van der Waals surface area contributed by atoms with Crippen molar-refractivity contribution in [3.8, 4) is 0 Å². The van der Waals surface area contributed by atoms with Crippen LogP contribution in [0.1, 0.15) is 36.9 Å². The molecule has 11 heteroatoms. The second-order valence-corrected chi connectivity index (χ2v) is 12.6. The van der Waals surface area contributed by atoms with E-state index in [1.54, 1.807) is 4.90 Å². The fourth-order valence-electron chi connectivity index (χ4n) is 6.40. The van der Waals surface area contributed by atoms with Crippen molar-refractivity contribution in [2.24, 2.45) is 0 Å². The van der Waals surface area contributed by atoms with Crippen molar-refractivity contribution < 1.29 is 18.3 Å². The number of nitrogens with one attached hydrogen (secondary N) is 2. The van der Waals surface area contributed by atoms with Gasteiger partial charge in [0.05, 0.1) is 36.3 Å². The number of quaternary nitrogens is 1. The largest absolute Gasteiger partial charge is 0.421 e. The van der Waals surface area contributed by atoms with Gasteiger partial charge in [0, 0.05) is 69.7 Å². The summed E-state index contributed by atoms with van der Waals surface area (Å²) < 4.78 is 13.1. The molecule has 0 bridgehead atoms. The summed E-state index contributed by atoms with van der Waals surface area (Å²) in [5, 5.41) is 6.59. The van der Waals surface area contributed by atoms with Gasteiger partial charge in [-0.2, -0.15) is 4.98 Å². The third kappa shape index (κ3) is 3.82. The first-order chi connectivity index (χ1) is 17.7. The van der Waals surface area contributed by atoms with Crippen LogP contribution in [0.4, 0.5) is 22.2 Å². The van der Waals surface area contributed by atoms with Crippen LogP contribution in [-0.4, -0.2) is 88.1 Å². The number of likely N-dealkylation sites (N-methyl/N-ethyl adjacent to an activating group) is 1. The summed E-state index contributed by atoms with van der Waals surface area (Å²) in [6.45, 7) is 2.02. The van der Waals surface area contributed by atoms with Crippen molar-refractivity contribution in [3.05, 3.63) is 35.5 Å². The Morgan fingerprint density at radius 1 is 1.14 bits per heavy atom. The van der Waals surface area contributed by atoms with Crippen molar-refractivity contribution in [1.82, 2.24) is 14.9 Å². The number of likely N-dealkylation sites (tertiary alicyclic amines) is 1. The standard InChI is InChI=1S/C26H33N7O3S/c1-31-16-17(8-9-21(31)34)27-23-22-20(10-15-37(22)36)28-24(30-23)32-13-11-26(12-14-32)18-6-4-5-7-19(18)29-25(35)33(26,2)3/h4-7,17H,8-16H2,1-3H3,(H-,27,28,29,30,35)/p+1/t17?,37-/m0/s1. The summed E-state index contributed by atoms with van der Waals surface area (Å²) in [4.78, 5) is 39.5. The topological polar surface area (TPSA) is 108 Å². The van der Waals surface area contributed by atoms with Gasteiger partial charge in [-0.1, -0.05) is 18.2 Å². The van der Waals surface area contributed by atoms with Crippen LogP contribution in [-0.2, 0) is 27.6 Å². The molecule has 2 aromatic rings. The van der Waals surface area contributed by atoms with E-state index in [1.165, 1.54) is 5.56 Å². The van der Waals surface area contributed by atoms with Crippen LogP contribution >= 0.6 is 0 Å². The molecule has 1 unspecified atom stereocenters.